The van der Waals surface area contributed by atoms with Crippen LogP contribution in [0.3, 0.4) is 0 Å². The maximum absolute atomic E-state index is 12.6. The summed E-state index contributed by atoms with van der Waals surface area (Å²) in [6.07, 6.45) is 1.44. The number of hydrogen-bond donors (Lipinski definition) is 3. The van der Waals surface area contributed by atoms with E-state index in [1.165, 1.54) is 31.3 Å². The standard InChI is InChI=1S/C17H15ClN4O4S2/c1-10(24)20-17-21-14(9-23)15(27-17)11-7-13(16(18)19-8-11)22-28(25,26)12-5-3-2-4-6-12/h2-8,22-23H,9H2,1H3,(H,20,21,24). The first-order valence-electron chi connectivity index (χ1n) is 7.92. The van der Waals surface area contributed by atoms with Crippen molar-refractivity contribution in [2.75, 3.05) is 10.0 Å². The minimum atomic E-state index is -3.85. The molecule has 3 N–H and O–H groups in total. The third-order valence-corrected chi connectivity index (χ3v) is 6.27. The van der Waals surface area contributed by atoms with Gasteiger partial charge in [0.05, 0.1) is 27.8 Å². The van der Waals surface area contributed by atoms with Gasteiger partial charge in [-0.3, -0.25) is 9.52 Å². The van der Waals surface area contributed by atoms with E-state index in [1.807, 2.05) is 0 Å². The van der Waals surface area contributed by atoms with E-state index in [0.717, 1.165) is 11.3 Å². The molecule has 28 heavy (non-hydrogen) atoms. The second-order valence-electron chi connectivity index (χ2n) is 5.62. The lowest BCUT2D eigenvalue weighted by Gasteiger charge is -2.10. The zero-order valence-electron chi connectivity index (χ0n) is 14.5. The van der Waals surface area contributed by atoms with Gasteiger partial charge in [-0.25, -0.2) is 18.4 Å². The quantitative estimate of drug-likeness (QED) is 0.508. The molecular formula is C17H15ClN4O4S2. The van der Waals surface area contributed by atoms with E-state index in [4.69, 9.17) is 11.6 Å². The largest absolute Gasteiger partial charge is 0.390 e. The number of sulfonamides is 1. The molecular weight excluding hydrogens is 424 g/mol. The molecule has 146 valence electrons. The number of thiazole rings is 1. The molecule has 0 fully saturated rings. The fourth-order valence-corrected chi connectivity index (χ4v) is 4.62. The van der Waals surface area contributed by atoms with Gasteiger partial charge in [-0.05, 0) is 18.2 Å². The Balaban J connectivity index is 1.99. The predicted molar refractivity (Wildman–Crippen MR) is 108 cm³/mol. The van der Waals surface area contributed by atoms with Gasteiger partial charge in [0.2, 0.25) is 5.91 Å². The van der Waals surface area contributed by atoms with Gasteiger partial charge in [0, 0.05) is 18.7 Å². The summed E-state index contributed by atoms with van der Waals surface area (Å²) in [7, 11) is -3.85. The van der Waals surface area contributed by atoms with Crippen LogP contribution in [-0.4, -0.2) is 29.4 Å². The predicted octanol–water partition coefficient (Wildman–Crippen LogP) is 3.11. The molecule has 11 heteroatoms. The number of pyridine rings is 1. The second-order valence-corrected chi connectivity index (χ2v) is 8.65. The number of carbonyl (C=O) groups is 1. The molecule has 1 aromatic carbocycles. The number of anilines is 2. The summed E-state index contributed by atoms with van der Waals surface area (Å²) in [5, 5.41) is 12.4. The minimum Gasteiger partial charge on any atom is -0.390 e. The monoisotopic (exact) mass is 438 g/mol. The van der Waals surface area contributed by atoms with Crippen LogP contribution in [0.4, 0.5) is 10.8 Å². The highest BCUT2D eigenvalue weighted by Crippen LogP contribution is 2.36. The van der Waals surface area contributed by atoms with Crippen LogP contribution in [0.1, 0.15) is 12.6 Å². The molecule has 0 radical (unpaired) electrons. The maximum atomic E-state index is 12.6. The van der Waals surface area contributed by atoms with Crippen molar-refractivity contribution < 1.29 is 18.3 Å². The van der Waals surface area contributed by atoms with Crippen LogP contribution in [0, 0.1) is 0 Å². The van der Waals surface area contributed by atoms with Crippen LogP contribution in [-0.2, 0) is 21.4 Å². The number of amides is 1. The first kappa shape index (κ1) is 20.2. The van der Waals surface area contributed by atoms with E-state index in [1.54, 1.807) is 18.2 Å². The molecule has 8 nitrogen and oxygen atoms in total. The third-order valence-electron chi connectivity index (χ3n) is 3.53. The zero-order chi connectivity index (χ0) is 20.3. The Morgan fingerprint density at radius 3 is 2.64 bits per heavy atom. The Morgan fingerprint density at radius 2 is 2.00 bits per heavy atom. The van der Waals surface area contributed by atoms with E-state index in [-0.39, 0.29) is 28.3 Å². The maximum Gasteiger partial charge on any atom is 0.261 e. The Labute approximate surface area is 170 Å². The molecule has 0 aliphatic rings. The summed E-state index contributed by atoms with van der Waals surface area (Å²) in [4.78, 5) is 20.0. The van der Waals surface area contributed by atoms with Gasteiger partial charge in [-0.2, -0.15) is 0 Å². The van der Waals surface area contributed by atoms with E-state index < -0.39 is 10.0 Å². The van der Waals surface area contributed by atoms with Gasteiger partial charge in [-0.1, -0.05) is 41.1 Å². The summed E-state index contributed by atoms with van der Waals surface area (Å²) in [6.45, 7) is 0.985. The number of aromatic nitrogens is 2. The van der Waals surface area contributed by atoms with Crippen LogP contribution in [0.5, 0.6) is 0 Å². The van der Waals surface area contributed by atoms with E-state index >= 15 is 0 Å². The molecule has 2 aromatic heterocycles. The first-order chi connectivity index (χ1) is 13.3. The fourth-order valence-electron chi connectivity index (χ4n) is 2.34. The van der Waals surface area contributed by atoms with Crippen molar-refractivity contribution in [2.45, 2.75) is 18.4 Å². The number of halogens is 1. The van der Waals surface area contributed by atoms with Crippen molar-refractivity contribution in [3.8, 4) is 10.4 Å². The lowest BCUT2D eigenvalue weighted by Crippen LogP contribution is -2.13. The Bertz CT molecular complexity index is 1120. The van der Waals surface area contributed by atoms with Gasteiger partial charge in [0.1, 0.15) is 0 Å². The summed E-state index contributed by atoms with van der Waals surface area (Å²) in [6, 6.07) is 9.35. The fraction of sp³-hybridized carbons (Fsp3) is 0.118. The van der Waals surface area contributed by atoms with Gasteiger partial charge in [-0.15, -0.1) is 0 Å². The van der Waals surface area contributed by atoms with Crippen molar-refractivity contribution in [2.24, 2.45) is 0 Å². The van der Waals surface area contributed by atoms with Gasteiger partial charge in [0.15, 0.2) is 10.3 Å². The number of rotatable bonds is 6. The number of benzene rings is 1. The number of nitrogens with zero attached hydrogens (tertiary/aromatic N) is 2. The molecule has 0 spiro atoms. The number of aliphatic hydroxyl groups is 1. The van der Waals surface area contributed by atoms with Crippen molar-refractivity contribution in [1.29, 1.82) is 0 Å². The molecule has 0 saturated heterocycles. The zero-order valence-corrected chi connectivity index (χ0v) is 16.9. The van der Waals surface area contributed by atoms with E-state index in [9.17, 15) is 18.3 Å². The lowest BCUT2D eigenvalue weighted by molar-refractivity contribution is -0.114. The molecule has 3 aromatic rings. The van der Waals surface area contributed by atoms with Crippen LogP contribution in [0.15, 0.2) is 47.5 Å². The van der Waals surface area contributed by atoms with Crippen LogP contribution in [0.25, 0.3) is 10.4 Å². The number of aliphatic hydroxyl groups excluding tert-OH is 1. The third kappa shape index (κ3) is 4.47. The first-order valence-corrected chi connectivity index (χ1v) is 10.6. The molecule has 2 heterocycles. The topological polar surface area (TPSA) is 121 Å². The summed E-state index contributed by atoms with van der Waals surface area (Å²) in [5.41, 5.74) is 0.907. The van der Waals surface area contributed by atoms with Crippen molar-refractivity contribution in [1.82, 2.24) is 9.97 Å². The van der Waals surface area contributed by atoms with E-state index in [0.29, 0.717) is 21.3 Å². The highest BCUT2D eigenvalue weighted by Gasteiger charge is 2.19. The van der Waals surface area contributed by atoms with Crippen LogP contribution >= 0.6 is 22.9 Å². The molecule has 0 unspecified atom stereocenters. The SMILES string of the molecule is CC(=O)Nc1nc(CO)c(-c2cnc(Cl)c(NS(=O)(=O)c3ccccc3)c2)s1. The summed E-state index contributed by atoms with van der Waals surface area (Å²) >= 11 is 7.20. The normalized spacial score (nSPS) is 11.2. The molecule has 0 saturated carbocycles. The highest BCUT2D eigenvalue weighted by atomic mass is 35.5. The molecule has 0 aliphatic heterocycles. The molecule has 0 bridgehead atoms. The molecule has 3 rings (SSSR count). The average molecular weight is 439 g/mol. The van der Waals surface area contributed by atoms with Gasteiger partial charge >= 0.3 is 0 Å². The Kier molecular flexibility index (Phi) is 5.94. The van der Waals surface area contributed by atoms with E-state index in [2.05, 4.69) is 20.0 Å². The smallest absolute Gasteiger partial charge is 0.261 e. The molecule has 1 amide bonds. The van der Waals surface area contributed by atoms with Gasteiger partial charge in [0.25, 0.3) is 10.0 Å². The van der Waals surface area contributed by atoms with Crippen molar-refractivity contribution >= 4 is 49.7 Å². The second kappa shape index (κ2) is 8.23. The molecule has 0 aliphatic carbocycles. The highest BCUT2D eigenvalue weighted by molar-refractivity contribution is 7.92. The minimum absolute atomic E-state index is 0.0274. The number of nitrogens with one attached hydrogen (secondary N) is 2. The average Bonchev–Trinajstić information content (AvgIpc) is 3.06. The van der Waals surface area contributed by atoms with Crippen molar-refractivity contribution in [3.63, 3.8) is 0 Å². The Hall–Kier alpha value is -2.53. The summed E-state index contributed by atoms with van der Waals surface area (Å²) < 4.78 is 27.5. The van der Waals surface area contributed by atoms with Crippen molar-refractivity contribution in [3.05, 3.63) is 53.4 Å². The molecule has 0 atom stereocenters. The number of hydrogen-bond acceptors (Lipinski definition) is 7. The lowest BCUT2D eigenvalue weighted by atomic mass is 10.2. The number of carbonyl (C=O) groups excluding carboxylic acids is 1. The Morgan fingerprint density at radius 1 is 1.29 bits per heavy atom. The van der Waals surface area contributed by atoms with Gasteiger partial charge < -0.3 is 10.4 Å². The van der Waals surface area contributed by atoms with Crippen LogP contribution < -0.4 is 10.0 Å². The van der Waals surface area contributed by atoms with Crippen LogP contribution in [0.2, 0.25) is 5.15 Å². The summed E-state index contributed by atoms with van der Waals surface area (Å²) in [5.74, 6) is -0.296.